The molecule has 0 aromatic heterocycles. The van der Waals surface area contributed by atoms with Gasteiger partial charge in [-0.15, -0.1) is 0 Å². The first-order valence-electron chi connectivity index (χ1n) is 7.72. The Morgan fingerprint density at radius 2 is 1.83 bits per heavy atom. The summed E-state index contributed by atoms with van der Waals surface area (Å²) < 4.78 is 0. The number of hydrogen-bond acceptors (Lipinski definition) is 2. The van der Waals surface area contributed by atoms with Crippen LogP contribution in [0, 0.1) is 0 Å². The minimum absolute atomic E-state index is 0.0942. The van der Waals surface area contributed by atoms with Crippen LogP contribution in [0.4, 0.5) is 0 Å². The van der Waals surface area contributed by atoms with Crippen LogP contribution in [0.15, 0.2) is 0 Å². The fourth-order valence-electron chi connectivity index (χ4n) is 2.83. The summed E-state index contributed by atoms with van der Waals surface area (Å²) in [5, 5.41) is 3.20. The van der Waals surface area contributed by atoms with Gasteiger partial charge in [0.25, 0.3) is 0 Å². The van der Waals surface area contributed by atoms with Crippen LogP contribution in [0.2, 0.25) is 0 Å². The first-order chi connectivity index (χ1) is 8.62. The van der Waals surface area contributed by atoms with Gasteiger partial charge in [0.15, 0.2) is 0 Å². The fraction of sp³-hybridized carbons (Fsp3) is 0.933. The normalized spacial score (nSPS) is 20.4. The van der Waals surface area contributed by atoms with E-state index in [9.17, 15) is 4.79 Å². The average molecular weight is 254 g/mol. The number of unbranched alkanes of at least 4 members (excludes halogenated alkanes) is 1. The van der Waals surface area contributed by atoms with Crippen LogP contribution in [0.5, 0.6) is 0 Å². The van der Waals surface area contributed by atoms with Crippen molar-refractivity contribution in [1.29, 1.82) is 0 Å². The second-order valence-electron chi connectivity index (χ2n) is 5.82. The lowest BCUT2D eigenvalue weighted by Crippen LogP contribution is -2.57. The Morgan fingerprint density at radius 1 is 1.17 bits per heavy atom. The molecule has 0 heterocycles. The highest BCUT2D eigenvalue weighted by Gasteiger charge is 2.35. The van der Waals surface area contributed by atoms with Crippen LogP contribution in [-0.2, 0) is 4.79 Å². The van der Waals surface area contributed by atoms with Crippen molar-refractivity contribution in [2.75, 3.05) is 0 Å². The first-order valence-corrected chi connectivity index (χ1v) is 7.72. The van der Waals surface area contributed by atoms with E-state index in [0.29, 0.717) is 6.04 Å². The molecule has 1 aliphatic rings. The third-order valence-corrected chi connectivity index (χ3v) is 4.08. The molecule has 1 aliphatic carbocycles. The molecule has 0 aromatic carbocycles. The van der Waals surface area contributed by atoms with Gasteiger partial charge in [-0.1, -0.05) is 52.4 Å². The van der Waals surface area contributed by atoms with Crippen molar-refractivity contribution in [1.82, 2.24) is 5.32 Å². The molecule has 0 saturated heterocycles. The van der Waals surface area contributed by atoms with Gasteiger partial charge < -0.3 is 11.1 Å². The molecule has 0 bridgehead atoms. The zero-order valence-electron chi connectivity index (χ0n) is 12.1. The molecule has 0 aromatic rings. The predicted octanol–water partition coefficient (Wildman–Crippen LogP) is 3.12. The van der Waals surface area contributed by atoms with Crippen molar-refractivity contribution in [2.24, 2.45) is 5.73 Å². The number of amides is 1. The molecule has 3 N–H and O–H groups in total. The summed E-state index contributed by atoms with van der Waals surface area (Å²) in [6.07, 6.45) is 10.8. The monoisotopic (exact) mass is 254 g/mol. The average Bonchev–Trinajstić information content (AvgIpc) is 2.37. The Hall–Kier alpha value is -0.570. The number of nitrogens with two attached hydrogens (primary N) is 1. The maximum absolute atomic E-state index is 12.3. The topological polar surface area (TPSA) is 55.1 Å². The summed E-state index contributed by atoms with van der Waals surface area (Å²) in [6, 6.07) is 0.324. The highest BCUT2D eigenvalue weighted by Crippen LogP contribution is 2.26. The Labute approximate surface area is 112 Å². The van der Waals surface area contributed by atoms with Gasteiger partial charge in [0.05, 0.1) is 5.54 Å². The maximum atomic E-state index is 12.3. The Kier molecular flexibility index (Phi) is 6.69. The Morgan fingerprint density at radius 3 is 2.39 bits per heavy atom. The van der Waals surface area contributed by atoms with Crippen LogP contribution < -0.4 is 11.1 Å². The van der Waals surface area contributed by atoms with Crippen molar-refractivity contribution in [3.8, 4) is 0 Å². The smallest absolute Gasteiger partial charge is 0.240 e. The van der Waals surface area contributed by atoms with Gasteiger partial charge in [-0.2, -0.15) is 0 Å². The molecule has 0 spiro atoms. The minimum Gasteiger partial charge on any atom is -0.352 e. The van der Waals surface area contributed by atoms with Gasteiger partial charge in [-0.05, 0) is 25.7 Å². The third-order valence-electron chi connectivity index (χ3n) is 4.08. The van der Waals surface area contributed by atoms with E-state index < -0.39 is 5.54 Å². The van der Waals surface area contributed by atoms with Gasteiger partial charge >= 0.3 is 0 Å². The second kappa shape index (κ2) is 7.78. The molecule has 1 fully saturated rings. The van der Waals surface area contributed by atoms with E-state index in [0.717, 1.165) is 44.9 Å². The second-order valence-corrected chi connectivity index (χ2v) is 5.82. The molecule has 1 saturated carbocycles. The summed E-state index contributed by atoms with van der Waals surface area (Å²) in [4.78, 5) is 12.3. The molecular formula is C15H30N2O. The van der Waals surface area contributed by atoms with E-state index >= 15 is 0 Å². The number of nitrogens with one attached hydrogen (secondary N) is 1. The van der Waals surface area contributed by atoms with E-state index in [2.05, 4.69) is 19.2 Å². The SMILES string of the molecule is CCCCC(CCC)NC(=O)C1(N)CCCCC1. The molecular weight excluding hydrogens is 224 g/mol. The van der Waals surface area contributed by atoms with Gasteiger partial charge in [0.1, 0.15) is 0 Å². The van der Waals surface area contributed by atoms with Crippen LogP contribution >= 0.6 is 0 Å². The van der Waals surface area contributed by atoms with Crippen molar-refractivity contribution >= 4 is 5.91 Å². The van der Waals surface area contributed by atoms with E-state index in [1.807, 2.05) is 0 Å². The van der Waals surface area contributed by atoms with E-state index in [4.69, 9.17) is 5.73 Å². The lowest BCUT2D eigenvalue weighted by atomic mass is 9.81. The standard InChI is InChI=1S/C15H30N2O/c1-3-5-10-13(9-4-2)17-14(18)15(16)11-7-6-8-12-15/h13H,3-12,16H2,1-2H3,(H,17,18). The molecule has 0 aliphatic heterocycles. The van der Waals surface area contributed by atoms with Crippen molar-refractivity contribution < 1.29 is 4.79 Å². The van der Waals surface area contributed by atoms with Crippen molar-refractivity contribution in [3.05, 3.63) is 0 Å². The highest BCUT2D eigenvalue weighted by atomic mass is 16.2. The van der Waals surface area contributed by atoms with Gasteiger partial charge in [-0.3, -0.25) is 4.79 Å². The first kappa shape index (κ1) is 15.5. The lowest BCUT2D eigenvalue weighted by Gasteiger charge is -2.33. The van der Waals surface area contributed by atoms with Gasteiger partial charge in [0.2, 0.25) is 5.91 Å². The Balaban J connectivity index is 2.48. The minimum atomic E-state index is -0.587. The number of carbonyl (C=O) groups excluding carboxylic acids is 1. The fourth-order valence-corrected chi connectivity index (χ4v) is 2.83. The molecule has 3 nitrogen and oxygen atoms in total. The van der Waals surface area contributed by atoms with Crippen molar-refractivity contribution in [2.45, 2.75) is 89.6 Å². The van der Waals surface area contributed by atoms with Crippen LogP contribution in [-0.4, -0.2) is 17.5 Å². The summed E-state index contributed by atoms with van der Waals surface area (Å²) in [6.45, 7) is 4.36. The largest absolute Gasteiger partial charge is 0.352 e. The van der Waals surface area contributed by atoms with E-state index in [1.54, 1.807) is 0 Å². The van der Waals surface area contributed by atoms with Crippen LogP contribution in [0.25, 0.3) is 0 Å². The molecule has 1 atom stereocenters. The lowest BCUT2D eigenvalue weighted by molar-refractivity contribution is -0.128. The molecule has 3 heteroatoms. The zero-order chi connectivity index (χ0) is 13.4. The molecule has 1 amide bonds. The molecule has 0 radical (unpaired) electrons. The molecule has 1 unspecified atom stereocenters. The van der Waals surface area contributed by atoms with Gasteiger partial charge in [0, 0.05) is 6.04 Å². The van der Waals surface area contributed by atoms with E-state index in [-0.39, 0.29) is 5.91 Å². The van der Waals surface area contributed by atoms with Crippen LogP contribution in [0.1, 0.15) is 78.1 Å². The number of hydrogen-bond donors (Lipinski definition) is 2. The quantitative estimate of drug-likeness (QED) is 0.733. The molecule has 1 rings (SSSR count). The maximum Gasteiger partial charge on any atom is 0.240 e. The number of rotatable bonds is 7. The predicted molar refractivity (Wildman–Crippen MR) is 76.4 cm³/mol. The summed E-state index contributed by atoms with van der Waals surface area (Å²) >= 11 is 0. The summed E-state index contributed by atoms with van der Waals surface area (Å²) in [7, 11) is 0. The third kappa shape index (κ3) is 4.60. The summed E-state index contributed by atoms with van der Waals surface area (Å²) in [5.74, 6) is 0.0942. The highest BCUT2D eigenvalue weighted by molar-refractivity contribution is 5.86. The summed E-state index contributed by atoms with van der Waals surface area (Å²) in [5.41, 5.74) is 5.68. The van der Waals surface area contributed by atoms with Gasteiger partial charge in [-0.25, -0.2) is 0 Å². The molecule has 106 valence electrons. The van der Waals surface area contributed by atoms with Crippen LogP contribution in [0.3, 0.4) is 0 Å². The van der Waals surface area contributed by atoms with Crippen molar-refractivity contribution in [3.63, 3.8) is 0 Å². The number of carbonyl (C=O) groups is 1. The Bertz CT molecular complexity index is 247. The zero-order valence-corrected chi connectivity index (χ0v) is 12.1. The molecule has 18 heavy (non-hydrogen) atoms. The van der Waals surface area contributed by atoms with E-state index in [1.165, 1.54) is 19.3 Å².